The molecule has 146 valence electrons. The Morgan fingerprint density at radius 1 is 0.966 bits per heavy atom. The van der Waals surface area contributed by atoms with E-state index in [-0.39, 0.29) is 12.0 Å². The van der Waals surface area contributed by atoms with Crippen molar-refractivity contribution in [1.29, 1.82) is 0 Å². The number of carbonyl (C=O) groups excluding carboxylic acids is 2. The largest absolute Gasteiger partial charge is 0.457 e. The van der Waals surface area contributed by atoms with Crippen LogP contribution in [-0.4, -0.2) is 25.2 Å². The second-order valence-corrected chi connectivity index (χ2v) is 6.56. The van der Waals surface area contributed by atoms with Crippen LogP contribution in [0, 0.1) is 0 Å². The minimum absolute atomic E-state index is 0.205. The summed E-state index contributed by atoms with van der Waals surface area (Å²) in [5.74, 6) is 1.30. The highest BCUT2D eigenvalue weighted by Gasteiger charge is 2.24. The topological polar surface area (TPSA) is 67.9 Å². The number of hydrogen-bond donors (Lipinski definition) is 1. The molecule has 1 aliphatic rings. The number of nitrogens with zero attached hydrogens (tertiary/aromatic N) is 1. The van der Waals surface area contributed by atoms with Crippen molar-refractivity contribution in [3.8, 4) is 11.5 Å². The predicted molar refractivity (Wildman–Crippen MR) is 109 cm³/mol. The molecule has 0 atom stereocenters. The molecular formula is C23H20N2O4. The van der Waals surface area contributed by atoms with Gasteiger partial charge in [-0.2, -0.15) is 0 Å². The average molecular weight is 388 g/mol. The molecule has 0 saturated carbocycles. The molecule has 1 aliphatic heterocycles. The molecule has 1 fully saturated rings. The number of carbonyl (C=O) groups is 2. The van der Waals surface area contributed by atoms with Gasteiger partial charge >= 0.3 is 6.09 Å². The van der Waals surface area contributed by atoms with Gasteiger partial charge in [-0.1, -0.05) is 36.4 Å². The molecule has 6 nitrogen and oxygen atoms in total. The fourth-order valence-corrected chi connectivity index (χ4v) is 3.03. The third kappa shape index (κ3) is 4.55. The summed E-state index contributed by atoms with van der Waals surface area (Å²) in [6.07, 6.45) is -0.389. The number of amides is 2. The van der Waals surface area contributed by atoms with Gasteiger partial charge in [0.2, 0.25) is 0 Å². The molecule has 0 spiro atoms. The number of para-hydroxylation sites is 1. The van der Waals surface area contributed by atoms with Crippen molar-refractivity contribution in [2.75, 3.05) is 18.1 Å². The van der Waals surface area contributed by atoms with Crippen molar-refractivity contribution in [3.05, 3.63) is 90.0 Å². The van der Waals surface area contributed by atoms with Crippen molar-refractivity contribution < 1.29 is 19.1 Å². The molecule has 1 N–H and O–H groups in total. The molecule has 0 aliphatic carbocycles. The summed E-state index contributed by atoms with van der Waals surface area (Å²) in [6.45, 7) is 1.24. The number of rotatable bonds is 6. The van der Waals surface area contributed by atoms with Crippen LogP contribution in [0.2, 0.25) is 0 Å². The lowest BCUT2D eigenvalue weighted by atomic mass is 10.1. The van der Waals surface area contributed by atoms with E-state index in [4.69, 9.17) is 9.47 Å². The zero-order valence-electron chi connectivity index (χ0n) is 15.7. The minimum Gasteiger partial charge on any atom is -0.457 e. The lowest BCUT2D eigenvalue weighted by Crippen LogP contribution is -2.25. The maximum absolute atomic E-state index is 12.5. The number of benzene rings is 3. The average Bonchev–Trinajstić information content (AvgIpc) is 3.20. The monoisotopic (exact) mass is 388 g/mol. The van der Waals surface area contributed by atoms with Crippen LogP contribution in [0.5, 0.6) is 11.5 Å². The molecule has 0 aromatic heterocycles. The SMILES string of the molecule is O=C(NCc1ccc(Oc2ccccc2)cc1)c1cccc(N2CCOC2=O)c1. The van der Waals surface area contributed by atoms with Crippen LogP contribution in [0.15, 0.2) is 78.9 Å². The van der Waals surface area contributed by atoms with Gasteiger partial charge in [0.25, 0.3) is 5.91 Å². The molecule has 0 radical (unpaired) electrons. The lowest BCUT2D eigenvalue weighted by Gasteiger charge is -2.14. The summed E-state index contributed by atoms with van der Waals surface area (Å²) in [6, 6.07) is 24.1. The molecule has 3 aromatic carbocycles. The number of ether oxygens (including phenoxy) is 2. The van der Waals surface area contributed by atoms with E-state index in [1.54, 1.807) is 24.3 Å². The van der Waals surface area contributed by atoms with Crippen LogP contribution < -0.4 is 15.0 Å². The summed E-state index contributed by atoms with van der Waals surface area (Å²) >= 11 is 0. The molecule has 3 aromatic rings. The Balaban J connectivity index is 1.35. The molecule has 1 saturated heterocycles. The van der Waals surface area contributed by atoms with Crippen molar-refractivity contribution in [3.63, 3.8) is 0 Å². The fourth-order valence-electron chi connectivity index (χ4n) is 3.03. The molecule has 1 heterocycles. The van der Waals surface area contributed by atoms with E-state index >= 15 is 0 Å². The van der Waals surface area contributed by atoms with Crippen LogP contribution in [0.25, 0.3) is 0 Å². The first-order valence-electron chi connectivity index (χ1n) is 9.33. The Hall–Kier alpha value is -3.80. The molecule has 0 unspecified atom stereocenters. The number of nitrogens with one attached hydrogen (secondary N) is 1. The third-order valence-corrected chi connectivity index (χ3v) is 4.54. The van der Waals surface area contributed by atoms with E-state index in [0.717, 1.165) is 17.1 Å². The van der Waals surface area contributed by atoms with Crippen LogP contribution >= 0.6 is 0 Å². The summed E-state index contributed by atoms with van der Waals surface area (Å²) in [4.78, 5) is 25.7. The zero-order valence-corrected chi connectivity index (χ0v) is 15.7. The maximum Gasteiger partial charge on any atom is 0.414 e. The van der Waals surface area contributed by atoms with Gasteiger partial charge in [-0.05, 0) is 48.0 Å². The first-order valence-corrected chi connectivity index (χ1v) is 9.33. The van der Waals surface area contributed by atoms with E-state index < -0.39 is 0 Å². The van der Waals surface area contributed by atoms with E-state index in [0.29, 0.717) is 30.9 Å². The highest BCUT2D eigenvalue weighted by molar-refractivity contribution is 5.97. The molecule has 2 amide bonds. The highest BCUT2D eigenvalue weighted by atomic mass is 16.6. The van der Waals surface area contributed by atoms with Crippen molar-refractivity contribution >= 4 is 17.7 Å². The van der Waals surface area contributed by atoms with E-state index in [1.807, 2.05) is 54.6 Å². The first-order chi connectivity index (χ1) is 14.2. The van der Waals surface area contributed by atoms with Gasteiger partial charge in [0.05, 0.1) is 6.54 Å². The van der Waals surface area contributed by atoms with Crippen LogP contribution in [0.1, 0.15) is 15.9 Å². The first kappa shape index (κ1) is 18.6. The van der Waals surface area contributed by atoms with Crippen molar-refractivity contribution in [1.82, 2.24) is 5.32 Å². The maximum atomic E-state index is 12.5. The van der Waals surface area contributed by atoms with Gasteiger partial charge in [0.15, 0.2) is 0 Å². The van der Waals surface area contributed by atoms with Gasteiger partial charge in [0, 0.05) is 17.8 Å². The molecule has 0 bridgehead atoms. The quantitative estimate of drug-likeness (QED) is 0.681. The predicted octanol–water partition coefficient (Wildman–Crippen LogP) is 4.37. The number of hydrogen-bond acceptors (Lipinski definition) is 4. The smallest absolute Gasteiger partial charge is 0.414 e. The van der Waals surface area contributed by atoms with Gasteiger partial charge in [-0.15, -0.1) is 0 Å². The van der Waals surface area contributed by atoms with Gasteiger partial charge in [-0.3, -0.25) is 9.69 Å². The third-order valence-electron chi connectivity index (χ3n) is 4.54. The minimum atomic E-state index is -0.389. The number of cyclic esters (lactones) is 1. The Morgan fingerprint density at radius 3 is 2.45 bits per heavy atom. The second kappa shape index (κ2) is 8.48. The zero-order chi connectivity index (χ0) is 20.1. The Bertz CT molecular complexity index is 1000. The Morgan fingerprint density at radius 2 is 1.72 bits per heavy atom. The standard InChI is InChI=1S/C23H20N2O4/c26-22(18-5-4-6-19(15-18)25-13-14-28-23(25)27)24-16-17-9-11-21(12-10-17)29-20-7-2-1-3-8-20/h1-12,15H,13-14,16H2,(H,24,26). The highest BCUT2D eigenvalue weighted by Crippen LogP contribution is 2.22. The molecule has 29 heavy (non-hydrogen) atoms. The summed E-state index contributed by atoms with van der Waals surface area (Å²) in [5, 5.41) is 2.90. The van der Waals surface area contributed by atoms with E-state index in [1.165, 1.54) is 4.90 Å². The summed E-state index contributed by atoms with van der Waals surface area (Å²) < 4.78 is 10.7. The van der Waals surface area contributed by atoms with Crippen LogP contribution in [0.3, 0.4) is 0 Å². The van der Waals surface area contributed by atoms with Gasteiger partial charge < -0.3 is 14.8 Å². The Kier molecular flexibility index (Phi) is 5.42. The van der Waals surface area contributed by atoms with E-state index in [2.05, 4.69) is 5.32 Å². The van der Waals surface area contributed by atoms with E-state index in [9.17, 15) is 9.59 Å². The fraction of sp³-hybridized carbons (Fsp3) is 0.130. The van der Waals surface area contributed by atoms with Gasteiger partial charge in [-0.25, -0.2) is 4.79 Å². The summed E-state index contributed by atoms with van der Waals surface area (Å²) in [5.41, 5.74) is 2.10. The molecule has 6 heteroatoms. The molecule has 4 rings (SSSR count). The van der Waals surface area contributed by atoms with Crippen molar-refractivity contribution in [2.24, 2.45) is 0 Å². The second-order valence-electron chi connectivity index (χ2n) is 6.56. The lowest BCUT2D eigenvalue weighted by molar-refractivity contribution is 0.0951. The molecular weight excluding hydrogens is 368 g/mol. The van der Waals surface area contributed by atoms with Gasteiger partial charge in [0.1, 0.15) is 18.1 Å². The summed E-state index contributed by atoms with van der Waals surface area (Å²) in [7, 11) is 0. The normalized spacial score (nSPS) is 13.1. The number of anilines is 1. The van der Waals surface area contributed by atoms with Crippen LogP contribution in [0.4, 0.5) is 10.5 Å². The van der Waals surface area contributed by atoms with Crippen molar-refractivity contribution in [2.45, 2.75) is 6.54 Å². The Labute approximate surface area is 168 Å². The van der Waals surface area contributed by atoms with Crippen LogP contribution in [-0.2, 0) is 11.3 Å².